The monoisotopic (exact) mass is 563 g/mol. The molecule has 0 aliphatic carbocycles. The highest BCUT2D eigenvalue weighted by molar-refractivity contribution is 7.99. The highest BCUT2D eigenvalue weighted by Crippen LogP contribution is 2.30. The Bertz CT molecular complexity index is 1450. The molecule has 0 saturated carbocycles. The summed E-state index contributed by atoms with van der Waals surface area (Å²) in [5, 5.41) is 11.7. The fourth-order valence-electron chi connectivity index (χ4n) is 4.25. The number of anilines is 2. The van der Waals surface area contributed by atoms with Gasteiger partial charge in [-0.2, -0.15) is 0 Å². The summed E-state index contributed by atoms with van der Waals surface area (Å²) in [6, 6.07) is 22.1. The van der Waals surface area contributed by atoms with E-state index >= 15 is 0 Å². The first kappa shape index (κ1) is 26.6. The quantitative estimate of drug-likeness (QED) is 0.296. The minimum atomic E-state index is -0.184. The Balaban J connectivity index is 1.10. The molecule has 0 unspecified atom stereocenters. The van der Waals surface area contributed by atoms with Crippen molar-refractivity contribution in [1.82, 2.24) is 15.1 Å². The Kier molecular flexibility index (Phi) is 8.33. The molecule has 3 aromatic carbocycles. The van der Waals surface area contributed by atoms with Crippen LogP contribution >= 0.6 is 23.4 Å². The maximum atomic E-state index is 12.8. The molecule has 2 heterocycles. The summed E-state index contributed by atoms with van der Waals surface area (Å²) in [5.41, 5.74) is 2.94. The van der Waals surface area contributed by atoms with Crippen LogP contribution in [0, 0.1) is 0 Å². The Morgan fingerprint density at radius 1 is 0.974 bits per heavy atom. The lowest BCUT2D eigenvalue weighted by Crippen LogP contribution is -2.48. The molecule has 4 aromatic rings. The van der Waals surface area contributed by atoms with Gasteiger partial charge in [0.2, 0.25) is 5.91 Å². The van der Waals surface area contributed by atoms with Crippen LogP contribution in [0.25, 0.3) is 11.5 Å². The molecule has 5 rings (SSSR count). The van der Waals surface area contributed by atoms with E-state index in [1.54, 1.807) is 19.2 Å². The molecule has 0 atom stereocenters. The van der Waals surface area contributed by atoms with Crippen LogP contribution in [0.3, 0.4) is 0 Å². The van der Waals surface area contributed by atoms with Gasteiger partial charge in [-0.3, -0.25) is 9.59 Å². The molecule has 1 saturated heterocycles. The van der Waals surface area contributed by atoms with Gasteiger partial charge in [-0.15, -0.1) is 10.2 Å². The molecule has 0 radical (unpaired) electrons. The second-order valence-electron chi connectivity index (χ2n) is 8.72. The summed E-state index contributed by atoms with van der Waals surface area (Å²) in [6.45, 7) is 2.63. The van der Waals surface area contributed by atoms with E-state index in [-0.39, 0.29) is 17.6 Å². The predicted molar refractivity (Wildman–Crippen MR) is 152 cm³/mol. The van der Waals surface area contributed by atoms with Crippen LogP contribution in [-0.4, -0.2) is 66.0 Å². The summed E-state index contributed by atoms with van der Waals surface area (Å²) >= 11 is 7.36. The third-order valence-corrected chi connectivity index (χ3v) is 7.41. The molecule has 1 aromatic heterocycles. The molecule has 11 heteroatoms. The normalized spacial score (nSPS) is 13.3. The van der Waals surface area contributed by atoms with Crippen LogP contribution in [0.15, 0.2) is 82.4 Å². The van der Waals surface area contributed by atoms with E-state index in [0.717, 1.165) is 17.4 Å². The first-order valence-corrected chi connectivity index (χ1v) is 13.7. The summed E-state index contributed by atoms with van der Waals surface area (Å²) in [7, 11) is 1.58. The van der Waals surface area contributed by atoms with Crippen molar-refractivity contribution in [2.75, 3.05) is 49.3 Å². The molecule has 1 fully saturated rings. The topological polar surface area (TPSA) is 101 Å². The lowest BCUT2D eigenvalue weighted by Gasteiger charge is -2.36. The van der Waals surface area contributed by atoms with Crippen LogP contribution in [0.2, 0.25) is 5.02 Å². The minimum absolute atomic E-state index is 0.0484. The van der Waals surface area contributed by atoms with E-state index < -0.39 is 0 Å². The van der Waals surface area contributed by atoms with Crippen molar-refractivity contribution >= 4 is 46.6 Å². The number of nitrogens with one attached hydrogen (secondary N) is 1. The fourth-order valence-corrected chi connectivity index (χ4v) is 5.03. The number of rotatable bonds is 8. The molecule has 1 N–H and O–H groups in total. The van der Waals surface area contributed by atoms with E-state index in [4.69, 9.17) is 20.8 Å². The number of nitrogens with zero attached hydrogens (tertiary/aromatic N) is 4. The van der Waals surface area contributed by atoms with Crippen LogP contribution in [0.4, 0.5) is 11.4 Å². The first-order chi connectivity index (χ1) is 19.0. The van der Waals surface area contributed by atoms with Crippen molar-refractivity contribution in [3.63, 3.8) is 0 Å². The minimum Gasteiger partial charge on any atom is -0.496 e. The molecule has 9 nitrogen and oxygen atoms in total. The number of carbonyl (C=O) groups excluding carboxylic acids is 2. The molecule has 0 bridgehead atoms. The number of methoxy groups -OCH3 is 1. The van der Waals surface area contributed by atoms with Gasteiger partial charge < -0.3 is 24.3 Å². The van der Waals surface area contributed by atoms with Gasteiger partial charge in [-0.1, -0.05) is 47.6 Å². The fraction of sp³-hybridized carbons (Fsp3) is 0.214. The van der Waals surface area contributed by atoms with Crippen molar-refractivity contribution in [3.05, 3.63) is 83.4 Å². The number of amides is 2. The van der Waals surface area contributed by atoms with Gasteiger partial charge in [0.05, 0.1) is 29.0 Å². The number of piperazine rings is 1. The molecule has 39 heavy (non-hydrogen) atoms. The molecular formula is C28H26ClN5O4S. The number of thioether (sulfide) groups is 1. The lowest BCUT2D eigenvalue weighted by molar-refractivity contribution is -0.113. The summed E-state index contributed by atoms with van der Waals surface area (Å²) < 4.78 is 11.0. The van der Waals surface area contributed by atoms with Gasteiger partial charge in [0.25, 0.3) is 17.0 Å². The van der Waals surface area contributed by atoms with Gasteiger partial charge >= 0.3 is 0 Å². The highest BCUT2D eigenvalue weighted by atomic mass is 35.5. The zero-order chi connectivity index (χ0) is 27.2. The molecule has 1 aliphatic heterocycles. The van der Waals surface area contributed by atoms with Crippen LogP contribution in [0.5, 0.6) is 5.75 Å². The molecule has 200 valence electrons. The Hall–Kier alpha value is -4.02. The Morgan fingerprint density at radius 2 is 1.69 bits per heavy atom. The number of aromatic nitrogens is 2. The lowest BCUT2D eigenvalue weighted by atomic mass is 10.1. The van der Waals surface area contributed by atoms with E-state index in [1.807, 2.05) is 65.6 Å². The van der Waals surface area contributed by atoms with Gasteiger partial charge in [0.15, 0.2) is 0 Å². The number of halogens is 1. The average molecular weight is 564 g/mol. The Labute approximate surface area is 235 Å². The highest BCUT2D eigenvalue weighted by Gasteiger charge is 2.23. The van der Waals surface area contributed by atoms with E-state index in [1.165, 1.54) is 0 Å². The number of benzene rings is 3. The summed E-state index contributed by atoms with van der Waals surface area (Å²) in [5.74, 6) is 0.854. The van der Waals surface area contributed by atoms with Gasteiger partial charge in [-0.25, -0.2) is 0 Å². The maximum Gasteiger partial charge on any atom is 0.277 e. The van der Waals surface area contributed by atoms with E-state index in [9.17, 15) is 9.59 Å². The third-order valence-electron chi connectivity index (χ3n) is 6.26. The summed E-state index contributed by atoms with van der Waals surface area (Å²) in [6.07, 6.45) is 0. The second kappa shape index (κ2) is 12.2. The molecular weight excluding hydrogens is 538 g/mol. The van der Waals surface area contributed by atoms with E-state index in [0.29, 0.717) is 64.9 Å². The number of hydrogen-bond acceptors (Lipinski definition) is 8. The van der Waals surface area contributed by atoms with Crippen molar-refractivity contribution in [2.45, 2.75) is 5.22 Å². The standard InChI is InChI=1S/C28H26ClN5O4S/c1-37-24-9-5-3-7-22(24)26-31-32-28(38-26)39-18-25(35)30-19-10-12-20(13-11-19)33-14-16-34(17-15-33)27(36)21-6-2-4-8-23(21)29/h2-13H,14-18H2,1H3,(H,30,35). The summed E-state index contributed by atoms with van der Waals surface area (Å²) in [4.78, 5) is 29.3. The maximum absolute atomic E-state index is 12.8. The van der Waals surface area contributed by atoms with Crippen molar-refractivity contribution in [1.29, 1.82) is 0 Å². The molecule has 2 amide bonds. The Morgan fingerprint density at radius 3 is 2.44 bits per heavy atom. The van der Waals surface area contributed by atoms with Crippen molar-refractivity contribution < 1.29 is 18.7 Å². The zero-order valence-electron chi connectivity index (χ0n) is 21.2. The third kappa shape index (κ3) is 6.35. The smallest absolute Gasteiger partial charge is 0.277 e. The molecule has 0 spiro atoms. The predicted octanol–water partition coefficient (Wildman–Crippen LogP) is 5.09. The number of ether oxygens (including phenoxy) is 1. The van der Waals surface area contributed by atoms with Gasteiger partial charge in [-0.05, 0) is 48.5 Å². The SMILES string of the molecule is COc1ccccc1-c1nnc(SCC(=O)Nc2ccc(N3CCN(C(=O)c4ccccc4Cl)CC3)cc2)o1. The van der Waals surface area contributed by atoms with Crippen LogP contribution in [0.1, 0.15) is 10.4 Å². The average Bonchev–Trinajstić information content (AvgIpc) is 3.45. The van der Waals surface area contributed by atoms with Gasteiger partial charge in [0, 0.05) is 37.6 Å². The molecule has 1 aliphatic rings. The van der Waals surface area contributed by atoms with Crippen molar-refractivity contribution in [3.8, 4) is 17.2 Å². The van der Waals surface area contributed by atoms with E-state index in [2.05, 4.69) is 20.4 Å². The number of para-hydroxylation sites is 1. The van der Waals surface area contributed by atoms with Gasteiger partial charge in [0.1, 0.15) is 5.75 Å². The number of carbonyl (C=O) groups is 2. The van der Waals surface area contributed by atoms with Crippen molar-refractivity contribution in [2.24, 2.45) is 0 Å². The first-order valence-electron chi connectivity index (χ1n) is 12.3. The van der Waals surface area contributed by atoms with Crippen LogP contribution < -0.4 is 15.0 Å². The zero-order valence-corrected chi connectivity index (χ0v) is 22.7. The number of hydrogen-bond donors (Lipinski definition) is 1. The van der Waals surface area contributed by atoms with Crippen LogP contribution in [-0.2, 0) is 4.79 Å². The second-order valence-corrected chi connectivity index (χ2v) is 10.1. The largest absolute Gasteiger partial charge is 0.496 e.